The lowest BCUT2D eigenvalue weighted by Gasteiger charge is -2.24. The molecule has 2 aromatic carbocycles. The molecular weight excluding hydrogens is 390 g/mol. The molecule has 1 fully saturated rings. The number of aliphatic hydroxyl groups is 1. The van der Waals surface area contributed by atoms with Gasteiger partial charge in [-0.2, -0.15) is 5.10 Å². The van der Waals surface area contributed by atoms with E-state index in [2.05, 4.69) is 11.8 Å². The number of nitrogens with zero attached hydrogens (tertiary/aromatic N) is 3. The van der Waals surface area contributed by atoms with Crippen LogP contribution in [0.1, 0.15) is 37.9 Å². The summed E-state index contributed by atoms with van der Waals surface area (Å²) in [5.41, 5.74) is 3.01. The molecule has 1 aromatic heterocycles. The Kier molecular flexibility index (Phi) is 6.59. The molecule has 31 heavy (non-hydrogen) atoms. The van der Waals surface area contributed by atoms with Gasteiger partial charge in [0.1, 0.15) is 0 Å². The van der Waals surface area contributed by atoms with Crippen LogP contribution in [0.15, 0.2) is 54.6 Å². The number of aryl methyl sites for hydroxylation is 1. The SMILES string of the molecule is CCc1nn(-c2ccccc2)c(Oc2ccccc2OC)c1CN(C[C@@H](C)O)C1CC1. The lowest BCUT2D eigenvalue weighted by atomic mass is 10.1. The highest BCUT2D eigenvalue weighted by Gasteiger charge is 2.32. The maximum absolute atomic E-state index is 10.0. The van der Waals surface area contributed by atoms with Crippen molar-refractivity contribution in [2.45, 2.75) is 51.8 Å². The third-order valence-electron chi connectivity index (χ3n) is 5.55. The van der Waals surface area contributed by atoms with E-state index in [4.69, 9.17) is 14.6 Å². The van der Waals surface area contributed by atoms with Crippen LogP contribution in [0.4, 0.5) is 0 Å². The van der Waals surface area contributed by atoms with Gasteiger partial charge in [0.05, 0.1) is 30.2 Å². The lowest BCUT2D eigenvalue weighted by Crippen LogP contribution is -2.32. The molecule has 1 saturated carbocycles. The third-order valence-corrected chi connectivity index (χ3v) is 5.55. The molecule has 1 atom stereocenters. The van der Waals surface area contributed by atoms with Gasteiger partial charge < -0.3 is 14.6 Å². The number of para-hydroxylation sites is 3. The van der Waals surface area contributed by atoms with Crippen LogP contribution in [0.5, 0.6) is 17.4 Å². The molecule has 6 heteroatoms. The van der Waals surface area contributed by atoms with E-state index in [1.807, 2.05) is 66.2 Å². The van der Waals surface area contributed by atoms with Gasteiger partial charge in [-0.3, -0.25) is 4.90 Å². The van der Waals surface area contributed by atoms with Gasteiger partial charge in [-0.05, 0) is 50.5 Å². The summed E-state index contributed by atoms with van der Waals surface area (Å²) in [4.78, 5) is 2.35. The molecule has 0 radical (unpaired) electrons. The minimum Gasteiger partial charge on any atom is -0.493 e. The lowest BCUT2D eigenvalue weighted by molar-refractivity contribution is 0.117. The van der Waals surface area contributed by atoms with E-state index in [1.165, 1.54) is 12.8 Å². The number of methoxy groups -OCH3 is 1. The molecule has 1 heterocycles. The standard InChI is InChI=1S/C25H31N3O3/c1-4-22-21(17-27(16-18(2)29)19-14-15-19)25(28(26-22)20-10-6-5-7-11-20)31-24-13-9-8-12-23(24)30-3/h5-13,18-19,29H,4,14-17H2,1-3H3/t18-/m1/s1. The highest BCUT2D eigenvalue weighted by molar-refractivity contribution is 5.47. The van der Waals surface area contributed by atoms with Crippen LogP contribution < -0.4 is 9.47 Å². The monoisotopic (exact) mass is 421 g/mol. The second kappa shape index (κ2) is 9.54. The normalized spacial score (nSPS) is 14.6. The Morgan fingerprint density at radius 2 is 1.77 bits per heavy atom. The van der Waals surface area contributed by atoms with Crippen LogP contribution in [0, 0.1) is 0 Å². The van der Waals surface area contributed by atoms with E-state index in [-0.39, 0.29) is 6.10 Å². The summed E-state index contributed by atoms with van der Waals surface area (Å²) in [6.07, 6.45) is 2.76. The highest BCUT2D eigenvalue weighted by Crippen LogP contribution is 2.38. The molecule has 1 aliphatic carbocycles. The van der Waals surface area contributed by atoms with Crippen molar-refractivity contribution in [2.24, 2.45) is 0 Å². The maximum Gasteiger partial charge on any atom is 0.227 e. The number of aliphatic hydroxyl groups excluding tert-OH is 1. The molecule has 6 nitrogen and oxygen atoms in total. The molecule has 0 amide bonds. The summed E-state index contributed by atoms with van der Waals surface area (Å²) >= 11 is 0. The molecule has 0 unspecified atom stereocenters. The topological polar surface area (TPSA) is 59.8 Å². The van der Waals surface area contributed by atoms with Crippen LogP contribution in [0.25, 0.3) is 5.69 Å². The predicted octanol–water partition coefficient (Wildman–Crippen LogP) is 4.58. The predicted molar refractivity (Wildman–Crippen MR) is 121 cm³/mol. The Labute approximate surface area is 184 Å². The molecule has 0 aliphatic heterocycles. The number of benzene rings is 2. The van der Waals surface area contributed by atoms with Gasteiger partial charge in [0, 0.05) is 19.1 Å². The Bertz CT molecular complexity index is 997. The van der Waals surface area contributed by atoms with Gasteiger partial charge in [-0.25, -0.2) is 4.68 Å². The maximum atomic E-state index is 10.0. The van der Waals surface area contributed by atoms with Crippen molar-refractivity contribution < 1.29 is 14.6 Å². The minimum absolute atomic E-state index is 0.381. The molecule has 0 spiro atoms. The number of hydrogen-bond acceptors (Lipinski definition) is 5. The first kappa shape index (κ1) is 21.4. The molecular formula is C25H31N3O3. The number of aromatic nitrogens is 2. The molecule has 164 valence electrons. The van der Waals surface area contributed by atoms with E-state index < -0.39 is 0 Å². The first-order valence-corrected chi connectivity index (χ1v) is 11.0. The summed E-state index contributed by atoms with van der Waals surface area (Å²) in [6.45, 7) is 5.29. The van der Waals surface area contributed by atoms with Crippen molar-refractivity contribution in [3.8, 4) is 23.1 Å². The van der Waals surface area contributed by atoms with Gasteiger partial charge >= 0.3 is 0 Å². The van der Waals surface area contributed by atoms with Crippen LogP contribution >= 0.6 is 0 Å². The number of rotatable bonds is 10. The van der Waals surface area contributed by atoms with Gasteiger partial charge in [0.15, 0.2) is 11.5 Å². The second-order valence-electron chi connectivity index (χ2n) is 8.09. The van der Waals surface area contributed by atoms with Crippen molar-refractivity contribution in [3.05, 3.63) is 65.9 Å². The highest BCUT2D eigenvalue weighted by atomic mass is 16.5. The van der Waals surface area contributed by atoms with Crippen molar-refractivity contribution in [1.29, 1.82) is 0 Å². The van der Waals surface area contributed by atoms with Crippen LogP contribution in [-0.2, 0) is 13.0 Å². The van der Waals surface area contributed by atoms with Crippen molar-refractivity contribution in [2.75, 3.05) is 13.7 Å². The third kappa shape index (κ3) is 4.92. The smallest absolute Gasteiger partial charge is 0.227 e. The van der Waals surface area contributed by atoms with Crippen molar-refractivity contribution in [1.82, 2.24) is 14.7 Å². The van der Waals surface area contributed by atoms with Gasteiger partial charge in [0.25, 0.3) is 0 Å². The Morgan fingerprint density at radius 1 is 1.10 bits per heavy atom. The zero-order valence-electron chi connectivity index (χ0n) is 18.5. The first-order valence-electron chi connectivity index (χ1n) is 11.0. The number of hydrogen-bond donors (Lipinski definition) is 1. The van der Waals surface area contributed by atoms with Crippen molar-refractivity contribution >= 4 is 0 Å². The molecule has 0 saturated heterocycles. The average Bonchev–Trinajstić information content (AvgIpc) is 3.58. The summed E-state index contributed by atoms with van der Waals surface area (Å²) in [7, 11) is 1.65. The number of ether oxygens (including phenoxy) is 2. The molecule has 3 aromatic rings. The largest absolute Gasteiger partial charge is 0.493 e. The van der Waals surface area contributed by atoms with Crippen LogP contribution in [0.2, 0.25) is 0 Å². The fraction of sp³-hybridized carbons (Fsp3) is 0.400. The zero-order chi connectivity index (χ0) is 21.8. The summed E-state index contributed by atoms with van der Waals surface area (Å²) < 4.78 is 13.9. The average molecular weight is 422 g/mol. The molecule has 4 rings (SSSR count). The Hall–Kier alpha value is -2.83. The molecule has 1 N–H and O–H groups in total. The first-order chi connectivity index (χ1) is 15.1. The zero-order valence-corrected chi connectivity index (χ0v) is 18.5. The van der Waals surface area contributed by atoms with Gasteiger partial charge in [0.2, 0.25) is 5.88 Å². The van der Waals surface area contributed by atoms with E-state index >= 15 is 0 Å². The fourth-order valence-corrected chi connectivity index (χ4v) is 3.90. The fourth-order valence-electron chi connectivity index (χ4n) is 3.90. The van der Waals surface area contributed by atoms with Gasteiger partial charge in [-0.15, -0.1) is 0 Å². The molecule has 1 aliphatic rings. The van der Waals surface area contributed by atoms with Crippen molar-refractivity contribution in [3.63, 3.8) is 0 Å². The van der Waals surface area contributed by atoms with Gasteiger partial charge in [-0.1, -0.05) is 37.3 Å². The summed E-state index contributed by atoms with van der Waals surface area (Å²) in [5, 5.41) is 15.0. The molecule has 0 bridgehead atoms. The van der Waals surface area contributed by atoms with E-state index in [1.54, 1.807) is 7.11 Å². The Morgan fingerprint density at radius 3 is 2.39 bits per heavy atom. The Balaban J connectivity index is 1.79. The van der Waals surface area contributed by atoms with E-state index in [0.717, 1.165) is 23.4 Å². The quantitative estimate of drug-likeness (QED) is 0.519. The summed E-state index contributed by atoms with van der Waals surface area (Å²) in [6, 6.07) is 18.2. The second-order valence-corrected chi connectivity index (χ2v) is 8.09. The van der Waals surface area contributed by atoms with Crippen LogP contribution in [-0.4, -0.2) is 45.6 Å². The van der Waals surface area contributed by atoms with E-state index in [0.29, 0.717) is 36.5 Å². The van der Waals surface area contributed by atoms with Crippen LogP contribution in [0.3, 0.4) is 0 Å². The minimum atomic E-state index is -0.381. The van der Waals surface area contributed by atoms with E-state index in [9.17, 15) is 5.11 Å². The summed E-state index contributed by atoms with van der Waals surface area (Å²) in [5.74, 6) is 2.03.